The Morgan fingerprint density at radius 1 is 1.32 bits per heavy atom. The van der Waals surface area contributed by atoms with Gasteiger partial charge in [-0.2, -0.15) is 5.10 Å². The van der Waals surface area contributed by atoms with Crippen molar-refractivity contribution in [2.45, 2.75) is 37.8 Å². The van der Waals surface area contributed by atoms with Crippen LogP contribution in [-0.4, -0.2) is 58.6 Å². The van der Waals surface area contributed by atoms with Crippen LogP contribution in [0.15, 0.2) is 12.3 Å². The number of alkyl halides is 2. The van der Waals surface area contributed by atoms with Gasteiger partial charge in [0.2, 0.25) is 0 Å². The largest absolute Gasteiger partial charge is 0.390 e. The van der Waals surface area contributed by atoms with Crippen LogP contribution in [0.3, 0.4) is 0 Å². The number of likely N-dealkylation sites (tertiary alicyclic amines) is 1. The lowest BCUT2D eigenvalue weighted by Crippen LogP contribution is -2.34. The summed E-state index contributed by atoms with van der Waals surface area (Å²) >= 11 is 0. The smallest absolute Gasteiger partial charge is 0.274 e. The van der Waals surface area contributed by atoms with Crippen molar-refractivity contribution < 1.29 is 18.6 Å². The third kappa shape index (κ3) is 3.31. The van der Waals surface area contributed by atoms with Gasteiger partial charge in [0, 0.05) is 38.4 Å². The fraction of sp³-hybridized carbons (Fsp3) is 0.800. The third-order valence-corrected chi connectivity index (χ3v) is 4.76. The molecule has 0 bridgehead atoms. The van der Waals surface area contributed by atoms with Gasteiger partial charge in [-0.05, 0) is 31.9 Å². The Morgan fingerprint density at radius 3 is 2.82 bits per heavy atom. The molecule has 0 spiro atoms. The standard InChI is InChI=1S/C15H23F2N3O2/c16-15(17,11-21)12-2-6-19(9-12)10-14-1-5-18-20(14)13-3-7-22-8-4-13/h1,5,12-13,21H,2-4,6-11H2. The van der Waals surface area contributed by atoms with E-state index in [9.17, 15) is 8.78 Å². The van der Waals surface area contributed by atoms with E-state index in [0.717, 1.165) is 31.7 Å². The first-order valence-electron chi connectivity index (χ1n) is 7.91. The highest BCUT2D eigenvalue weighted by atomic mass is 19.3. The quantitative estimate of drug-likeness (QED) is 0.898. The van der Waals surface area contributed by atoms with Crippen LogP contribution in [-0.2, 0) is 11.3 Å². The minimum Gasteiger partial charge on any atom is -0.390 e. The monoisotopic (exact) mass is 315 g/mol. The Kier molecular flexibility index (Phi) is 4.75. The lowest BCUT2D eigenvalue weighted by molar-refractivity contribution is -0.0939. The molecule has 1 aromatic rings. The Bertz CT molecular complexity index is 489. The molecule has 0 amide bonds. The molecule has 1 unspecified atom stereocenters. The van der Waals surface area contributed by atoms with E-state index in [1.807, 2.05) is 15.6 Å². The van der Waals surface area contributed by atoms with E-state index >= 15 is 0 Å². The zero-order valence-electron chi connectivity index (χ0n) is 12.6. The van der Waals surface area contributed by atoms with Gasteiger partial charge in [0.15, 0.2) is 0 Å². The average Bonchev–Trinajstić information content (AvgIpc) is 3.18. The molecular weight excluding hydrogens is 292 g/mol. The summed E-state index contributed by atoms with van der Waals surface area (Å²) in [6.07, 6.45) is 4.10. The molecular formula is C15H23F2N3O2. The molecule has 2 saturated heterocycles. The summed E-state index contributed by atoms with van der Waals surface area (Å²) in [4.78, 5) is 2.03. The first-order chi connectivity index (χ1) is 10.6. The number of hydrogen-bond acceptors (Lipinski definition) is 4. The van der Waals surface area contributed by atoms with Crippen molar-refractivity contribution in [2.75, 3.05) is 32.9 Å². The van der Waals surface area contributed by atoms with Gasteiger partial charge in [-0.15, -0.1) is 0 Å². The number of aliphatic hydroxyl groups is 1. The van der Waals surface area contributed by atoms with Crippen molar-refractivity contribution in [1.29, 1.82) is 0 Å². The molecule has 2 aliphatic heterocycles. The second-order valence-electron chi connectivity index (χ2n) is 6.25. The van der Waals surface area contributed by atoms with E-state index in [1.165, 1.54) is 0 Å². The summed E-state index contributed by atoms with van der Waals surface area (Å²) in [6, 6.07) is 2.31. The lowest BCUT2D eigenvalue weighted by Gasteiger charge is -2.26. The first-order valence-corrected chi connectivity index (χ1v) is 7.91. The van der Waals surface area contributed by atoms with Crippen LogP contribution in [0, 0.1) is 5.92 Å². The van der Waals surface area contributed by atoms with Crippen LogP contribution in [0.4, 0.5) is 8.78 Å². The number of ether oxygens (including phenoxy) is 1. The Hall–Kier alpha value is -1.05. The average molecular weight is 315 g/mol. The van der Waals surface area contributed by atoms with Crippen molar-refractivity contribution in [2.24, 2.45) is 5.92 Å². The molecule has 124 valence electrons. The maximum atomic E-state index is 13.6. The van der Waals surface area contributed by atoms with Crippen LogP contribution in [0.2, 0.25) is 0 Å². The summed E-state index contributed by atoms with van der Waals surface area (Å²) < 4.78 is 34.5. The molecule has 1 atom stereocenters. The minimum absolute atomic E-state index is 0.326. The van der Waals surface area contributed by atoms with Gasteiger partial charge in [0.05, 0.1) is 11.7 Å². The number of aliphatic hydroxyl groups excluding tert-OH is 1. The second-order valence-corrected chi connectivity index (χ2v) is 6.25. The normalized spacial score (nSPS) is 25.0. The molecule has 3 rings (SSSR count). The summed E-state index contributed by atoms with van der Waals surface area (Å²) in [5.41, 5.74) is 1.07. The molecule has 0 aromatic carbocycles. The minimum atomic E-state index is -2.98. The SMILES string of the molecule is OCC(F)(F)C1CCN(Cc2ccnn2C2CCOCC2)C1. The molecule has 5 nitrogen and oxygen atoms in total. The topological polar surface area (TPSA) is 50.5 Å². The Labute approximate surface area is 128 Å². The maximum absolute atomic E-state index is 13.6. The Morgan fingerprint density at radius 2 is 2.09 bits per heavy atom. The number of aromatic nitrogens is 2. The molecule has 22 heavy (non-hydrogen) atoms. The molecule has 0 radical (unpaired) electrons. The van der Waals surface area contributed by atoms with Crippen LogP contribution in [0.5, 0.6) is 0 Å². The molecule has 3 heterocycles. The third-order valence-electron chi connectivity index (χ3n) is 4.76. The van der Waals surface area contributed by atoms with Crippen molar-refractivity contribution in [3.05, 3.63) is 18.0 Å². The van der Waals surface area contributed by atoms with Crippen LogP contribution >= 0.6 is 0 Å². The van der Waals surface area contributed by atoms with E-state index in [-0.39, 0.29) is 0 Å². The molecule has 0 aliphatic carbocycles. The molecule has 2 aliphatic rings. The summed E-state index contributed by atoms with van der Waals surface area (Å²) in [5, 5.41) is 13.2. The molecule has 2 fully saturated rings. The molecule has 0 saturated carbocycles. The van der Waals surface area contributed by atoms with Crippen LogP contribution < -0.4 is 0 Å². The first kappa shape index (κ1) is 15.8. The van der Waals surface area contributed by atoms with E-state index in [0.29, 0.717) is 32.1 Å². The van der Waals surface area contributed by atoms with Gasteiger partial charge in [0.25, 0.3) is 5.92 Å². The van der Waals surface area contributed by atoms with Gasteiger partial charge in [-0.25, -0.2) is 8.78 Å². The van der Waals surface area contributed by atoms with E-state index < -0.39 is 18.4 Å². The highest BCUT2D eigenvalue weighted by Crippen LogP contribution is 2.33. The van der Waals surface area contributed by atoms with Crippen molar-refractivity contribution in [3.8, 4) is 0 Å². The number of halogens is 2. The lowest BCUT2D eigenvalue weighted by atomic mass is 10.0. The van der Waals surface area contributed by atoms with Gasteiger partial charge < -0.3 is 9.84 Å². The fourth-order valence-electron chi connectivity index (χ4n) is 3.40. The zero-order valence-corrected chi connectivity index (χ0v) is 12.6. The zero-order chi connectivity index (χ0) is 15.6. The summed E-state index contributed by atoms with van der Waals surface area (Å²) in [6.45, 7) is 2.03. The van der Waals surface area contributed by atoms with Gasteiger partial charge in [-0.1, -0.05) is 0 Å². The van der Waals surface area contributed by atoms with Crippen LogP contribution in [0.1, 0.15) is 31.0 Å². The number of hydrogen-bond donors (Lipinski definition) is 1. The summed E-state index contributed by atoms with van der Waals surface area (Å²) in [5.74, 6) is -3.73. The molecule has 7 heteroatoms. The summed E-state index contributed by atoms with van der Waals surface area (Å²) in [7, 11) is 0. The van der Waals surface area contributed by atoms with E-state index in [2.05, 4.69) is 5.10 Å². The van der Waals surface area contributed by atoms with E-state index in [4.69, 9.17) is 9.84 Å². The van der Waals surface area contributed by atoms with Gasteiger partial charge in [-0.3, -0.25) is 9.58 Å². The molecule has 1 aromatic heterocycles. The predicted octanol–water partition coefficient (Wildman–Crippen LogP) is 1.68. The van der Waals surface area contributed by atoms with Crippen molar-refractivity contribution in [1.82, 2.24) is 14.7 Å². The van der Waals surface area contributed by atoms with Crippen LogP contribution in [0.25, 0.3) is 0 Å². The van der Waals surface area contributed by atoms with Crippen molar-refractivity contribution in [3.63, 3.8) is 0 Å². The fourth-order valence-corrected chi connectivity index (χ4v) is 3.40. The predicted molar refractivity (Wildman–Crippen MR) is 76.7 cm³/mol. The van der Waals surface area contributed by atoms with Crippen molar-refractivity contribution >= 4 is 0 Å². The van der Waals surface area contributed by atoms with Gasteiger partial charge >= 0.3 is 0 Å². The number of rotatable bonds is 5. The highest BCUT2D eigenvalue weighted by Gasteiger charge is 2.42. The van der Waals surface area contributed by atoms with Gasteiger partial charge in [0.1, 0.15) is 6.61 Å². The number of nitrogens with zero attached hydrogens (tertiary/aromatic N) is 3. The second kappa shape index (κ2) is 6.60. The Balaban J connectivity index is 1.61. The maximum Gasteiger partial charge on any atom is 0.274 e. The van der Waals surface area contributed by atoms with E-state index in [1.54, 1.807) is 6.20 Å². The molecule has 1 N–H and O–H groups in total. The highest BCUT2D eigenvalue weighted by molar-refractivity contribution is 5.03.